The van der Waals surface area contributed by atoms with Gasteiger partial charge in [0.15, 0.2) is 0 Å². The Morgan fingerprint density at radius 1 is 1.28 bits per heavy atom. The van der Waals surface area contributed by atoms with Gasteiger partial charge in [0.2, 0.25) is 10.0 Å². The Labute approximate surface area is 147 Å². The van der Waals surface area contributed by atoms with Gasteiger partial charge >= 0.3 is 5.97 Å². The van der Waals surface area contributed by atoms with E-state index in [0.717, 1.165) is 25.5 Å². The fraction of sp³-hybridized carbons (Fsp3) is 0.529. The number of aryl methyl sites for hydroxylation is 1. The van der Waals surface area contributed by atoms with Gasteiger partial charge in [0.1, 0.15) is 6.04 Å². The highest BCUT2D eigenvalue weighted by molar-refractivity contribution is 7.92. The van der Waals surface area contributed by atoms with Crippen LogP contribution in [0.5, 0.6) is 0 Å². The largest absolute Gasteiger partial charge is 0.480 e. The minimum Gasteiger partial charge on any atom is -0.480 e. The minimum atomic E-state index is -3.47. The predicted molar refractivity (Wildman–Crippen MR) is 92.9 cm³/mol. The Morgan fingerprint density at radius 2 is 2.00 bits per heavy atom. The lowest BCUT2D eigenvalue weighted by Gasteiger charge is -2.24. The van der Waals surface area contributed by atoms with Crippen molar-refractivity contribution in [3.63, 3.8) is 0 Å². The van der Waals surface area contributed by atoms with Gasteiger partial charge in [0.05, 0.1) is 11.9 Å². The average molecular weight is 366 g/mol. The van der Waals surface area contributed by atoms with Gasteiger partial charge < -0.3 is 10.0 Å². The second-order valence-electron chi connectivity index (χ2n) is 7.00. The summed E-state index contributed by atoms with van der Waals surface area (Å²) in [4.78, 5) is 26.1. The van der Waals surface area contributed by atoms with Crippen molar-refractivity contribution in [1.29, 1.82) is 0 Å². The summed E-state index contributed by atoms with van der Waals surface area (Å²) in [6.45, 7) is 2.19. The molecule has 8 heteroatoms. The first-order valence-electron chi connectivity index (χ1n) is 8.29. The van der Waals surface area contributed by atoms with E-state index >= 15 is 0 Å². The lowest BCUT2D eigenvalue weighted by molar-refractivity contribution is -0.142. The van der Waals surface area contributed by atoms with Crippen LogP contribution in [0.25, 0.3) is 0 Å². The van der Waals surface area contributed by atoms with E-state index in [1.165, 1.54) is 11.0 Å². The van der Waals surface area contributed by atoms with Gasteiger partial charge in [-0.3, -0.25) is 9.52 Å². The molecule has 3 rings (SSSR count). The van der Waals surface area contributed by atoms with Crippen molar-refractivity contribution in [3.8, 4) is 0 Å². The van der Waals surface area contributed by atoms with Gasteiger partial charge in [0, 0.05) is 12.1 Å². The number of hydrogen-bond acceptors (Lipinski definition) is 4. The molecule has 1 amide bonds. The molecule has 1 aliphatic carbocycles. The molecule has 25 heavy (non-hydrogen) atoms. The Bertz CT molecular complexity index is 820. The zero-order chi connectivity index (χ0) is 18.4. The SMILES string of the molecule is Cc1ccc(C(=O)N2CC3CCCC3C2C(=O)O)cc1NS(C)(=O)=O. The number of carbonyl (C=O) groups is 2. The van der Waals surface area contributed by atoms with Crippen LogP contribution in [0.2, 0.25) is 0 Å². The van der Waals surface area contributed by atoms with E-state index in [0.29, 0.717) is 23.4 Å². The lowest BCUT2D eigenvalue weighted by Crippen LogP contribution is -2.43. The summed E-state index contributed by atoms with van der Waals surface area (Å²) >= 11 is 0. The monoisotopic (exact) mass is 366 g/mol. The molecule has 2 N–H and O–H groups in total. The van der Waals surface area contributed by atoms with E-state index in [1.807, 2.05) is 0 Å². The maximum absolute atomic E-state index is 12.9. The highest BCUT2D eigenvalue weighted by atomic mass is 32.2. The molecule has 3 atom stereocenters. The Hall–Kier alpha value is -2.09. The number of amides is 1. The van der Waals surface area contributed by atoms with Gasteiger partial charge in [-0.15, -0.1) is 0 Å². The number of hydrogen-bond donors (Lipinski definition) is 2. The predicted octanol–water partition coefficient (Wildman–Crippen LogP) is 1.69. The molecule has 1 aliphatic heterocycles. The van der Waals surface area contributed by atoms with Crippen molar-refractivity contribution in [3.05, 3.63) is 29.3 Å². The van der Waals surface area contributed by atoms with Gasteiger partial charge in [0.25, 0.3) is 5.91 Å². The number of nitrogens with one attached hydrogen (secondary N) is 1. The van der Waals surface area contributed by atoms with E-state index in [9.17, 15) is 23.1 Å². The number of likely N-dealkylation sites (tertiary alicyclic amines) is 1. The summed E-state index contributed by atoms with van der Waals surface area (Å²) < 4.78 is 25.4. The summed E-state index contributed by atoms with van der Waals surface area (Å²) in [5.74, 6) is -1.08. The minimum absolute atomic E-state index is 0.0144. The van der Waals surface area contributed by atoms with Crippen LogP contribution in [-0.2, 0) is 14.8 Å². The first kappa shape index (κ1) is 17.7. The normalized spacial score (nSPS) is 25.7. The first-order valence-corrected chi connectivity index (χ1v) is 10.2. The summed E-state index contributed by atoms with van der Waals surface area (Å²) in [6, 6.07) is 3.95. The topological polar surface area (TPSA) is 104 Å². The summed E-state index contributed by atoms with van der Waals surface area (Å²) in [5, 5.41) is 9.59. The number of rotatable bonds is 4. The molecule has 2 aliphatic rings. The van der Waals surface area contributed by atoms with Crippen LogP contribution >= 0.6 is 0 Å². The molecule has 1 saturated carbocycles. The number of carbonyl (C=O) groups excluding carboxylic acids is 1. The van der Waals surface area contributed by atoms with Crippen molar-refractivity contribution < 1.29 is 23.1 Å². The fourth-order valence-corrected chi connectivity index (χ4v) is 4.68. The molecular formula is C17H22N2O5S. The number of carboxylic acids is 1. The molecule has 1 heterocycles. The van der Waals surface area contributed by atoms with Gasteiger partial charge in [-0.1, -0.05) is 12.5 Å². The zero-order valence-electron chi connectivity index (χ0n) is 14.2. The number of fused-ring (bicyclic) bond motifs is 1. The smallest absolute Gasteiger partial charge is 0.326 e. The maximum atomic E-state index is 12.9. The van der Waals surface area contributed by atoms with E-state index < -0.39 is 22.0 Å². The second kappa shape index (κ2) is 6.33. The highest BCUT2D eigenvalue weighted by Gasteiger charge is 2.49. The highest BCUT2D eigenvalue weighted by Crippen LogP contribution is 2.42. The van der Waals surface area contributed by atoms with Crippen LogP contribution in [0, 0.1) is 18.8 Å². The maximum Gasteiger partial charge on any atom is 0.326 e. The quantitative estimate of drug-likeness (QED) is 0.844. The van der Waals surface area contributed by atoms with E-state index in [-0.39, 0.29) is 17.7 Å². The van der Waals surface area contributed by atoms with Crippen LogP contribution in [0.4, 0.5) is 5.69 Å². The van der Waals surface area contributed by atoms with Crippen molar-refractivity contribution in [1.82, 2.24) is 4.90 Å². The van der Waals surface area contributed by atoms with Gasteiger partial charge in [-0.2, -0.15) is 0 Å². The third-order valence-corrected chi connectivity index (χ3v) is 5.77. The van der Waals surface area contributed by atoms with Crippen LogP contribution < -0.4 is 4.72 Å². The van der Waals surface area contributed by atoms with Crippen molar-refractivity contribution in [2.24, 2.45) is 11.8 Å². The number of nitrogens with zero attached hydrogens (tertiary/aromatic N) is 1. The van der Waals surface area contributed by atoms with Crippen LogP contribution in [0.15, 0.2) is 18.2 Å². The molecule has 0 spiro atoms. The average Bonchev–Trinajstić information content (AvgIpc) is 3.07. The molecule has 0 radical (unpaired) electrons. The number of anilines is 1. The zero-order valence-corrected chi connectivity index (χ0v) is 15.0. The molecule has 7 nitrogen and oxygen atoms in total. The Morgan fingerprint density at radius 3 is 2.64 bits per heavy atom. The van der Waals surface area contributed by atoms with Crippen molar-refractivity contribution >= 4 is 27.6 Å². The molecule has 136 valence electrons. The number of benzene rings is 1. The molecule has 1 aromatic rings. The number of aliphatic carboxylic acids is 1. The summed E-state index contributed by atoms with van der Waals surface area (Å²) in [6.07, 6.45) is 3.84. The van der Waals surface area contributed by atoms with E-state index in [2.05, 4.69) is 4.72 Å². The van der Waals surface area contributed by atoms with Crippen LogP contribution in [0.1, 0.15) is 35.2 Å². The third kappa shape index (κ3) is 3.49. The molecule has 1 aromatic carbocycles. The fourth-order valence-electron chi connectivity index (χ4n) is 4.06. The van der Waals surface area contributed by atoms with Crippen molar-refractivity contribution in [2.45, 2.75) is 32.2 Å². The van der Waals surface area contributed by atoms with E-state index in [4.69, 9.17) is 0 Å². The molecule has 0 aromatic heterocycles. The third-order valence-electron chi connectivity index (χ3n) is 5.18. The van der Waals surface area contributed by atoms with Gasteiger partial charge in [-0.05, 0) is 49.3 Å². The molecule has 3 unspecified atom stereocenters. The van der Waals surface area contributed by atoms with Gasteiger partial charge in [-0.25, -0.2) is 13.2 Å². The van der Waals surface area contributed by atoms with E-state index in [1.54, 1.807) is 19.1 Å². The summed E-state index contributed by atoms with van der Waals surface area (Å²) in [7, 11) is -3.47. The van der Waals surface area contributed by atoms with Crippen molar-refractivity contribution in [2.75, 3.05) is 17.5 Å². The van der Waals surface area contributed by atoms with Crippen LogP contribution in [-0.4, -0.2) is 49.1 Å². The van der Waals surface area contributed by atoms with Crippen LogP contribution in [0.3, 0.4) is 0 Å². The summed E-state index contributed by atoms with van der Waals surface area (Å²) in [5.41, 5.74) is 1.32. The number of sulfonamides is 1. The lowest BCUT2D eigenvalue weighted by atomic mass is 9.94. The first-order chi connectivity index (χ1) is 11.7. The molecule has 1 saturated heterocycles. The molecular weight excluding hydrogens is 344 g/mol. The standard InChI is InChI=1S/C17H22N2O5S/c1-10-6-7-11(8-14(10)18-25(2,23)24)16(20)19-9-12-4-3-5-13(12)15(19)17(21)22/h6-8,12-13,15,18H,3-5,9H2,1-2H3,(H,21,22). The Kier molecular flexibility index (Phi) is 4.49. The Balaban J connectivity index is 1.90. The molecule has 0 bridgehead atoms. The second-order valence-corrected chi connectivity index (χ2v) is 8.75. The number of carboxylic acid groups (broad SMARTS) is 1. The molecule has 2 fully saturated rings.